The summed E-state index contributed by atoms with van der Waals surface area (Å²) in [6, 6.07) is 13.3. The van der Waals surface area contributed by atoms with Crippen molar-refractivity contribution in [3.8, 4) is 34.0 Å². The Bertz CT molecular complexity index is 1300. The first-order valence-corrected chi connectivity index (χ1v) is 9.93. The van der Waals surface area contributed by atoms with Gasteiger partial charge in [-0.1, -0.05) is 35.5 Å². The van der Waals surface area contributed by atoms with E-state index in [-0.39, 0.29) is 12.2 Å². The number of halogens is 3. The van der Waals surface area contributed by atoms with Crippen molar-refractivity contribution in [3.63, 3.8) is 0 Å². The average molecular weight is 472 g/mol. The molecule has 0 saturated heterocycles. The van der Waals surface area contributed by atoms with Gasteiger partial charge in [-0.25, -0.2) is 4.68 Å². The fraction of sp³-hybridized carbons (Fsp3) is 0.182. The van der Waals surface area contributed by atoms with Gasteiger partial charge < -0.3 is 14.8 Å². The largest absolute Gasteiger partial charge is 0.497 e. The fourth-order valence-corrected chi connectivity index (χ4v) is 3.31. The van der Waals surface area contributed by atoms with Crippen molar-refractivity contribution in [1.29, 1.82) is 0 Å². The highest BCUT2D eigenvalue weighted by Gasteiger charge is 2.38. The van der Waals surface area contributed by atoms with Crippen molar-refractivity contribution in [2.75, 3.05) is 19.5 Å². The lowest BCUT2D eigenvalue weighted by Crippen LogP contribution is -2.21. The summed E-state index contributed by atoms with van der Waals surface area (Å²) >= 11 is 0. The number of carbonyl (C=O) groups is 1. The molecule has 0 fully saturated rings. The van der Waals surface area contributed by atoms with Crippen LogP contribution >= 0.6 is 0 Å². The number of aromatic amines is 1. The predicted octanol–water partition coefficient (Wildman–Crippen LogP) is 4.01. The highest BCUT2D eigenvalue weighted by atomic mass is 19.4. The summed E-state index contributed by atoms with van der Waals surface area (Å²) in [7, 11) is 3.01. The summed E-state index contributed by atoms with van der Waals surface area (Å²) in [5, 5.41) is 16.0. The molecule has 0 radical (unpaired) electrons. The number of ether oxygens (including phenoxy) is 2. The molecule has 9 nitrogen and oxygen atoms in total. The van der Waals surface area contributed by atoms with Crippen molar-refractivity contribution >= 4 is 11.6 Å². The van der Waals surface area contributed by atoms with Crippen LogP contribution in [0.3, 0.4) is 0 Å². The Morgan fingerprint density at radius 1 is 1.12 bits per heavy atom. The standard InChI is InChI=1S/C22H19F3N6O3/c1-33-14-8-9-15(17(10-14)34-2)16-11-31(30-27-16)12-18(32)26-20-19(13-6-4-3-5-7-13)28-29-21(20)22(23,24)25/h3-11H,12H2,1-2H3,(H,26,32)(H,28,29). The van der Waals surface area contributed by atoms with Gasteiger partial charge in [-0.3, -0.25) is 9.89 Å². The number of anilines is 1. The topological polar surface area (TPSA) is 107 Å². The Labute approximate surface area is 191 Å². The average Bonchev–Trinajstić information content (AvgIpc) is 3.46. The van der Waals surface area contributed by atoms with Gasteiger partial charge in [0.1, 0.15) is 29.4 Å². The number of carbonyl (C=O) groups excluding carboxylic acids is 1. The molecule has 0 atom stereocenters. The Kier molecular flexibility index (Phi) is 6.21. The van der Waals surface area contributed by atoms with Crippen LogP contribution in [0.5, 0.6) is 11.5 Å². The van der Waals surface area contributed by atoms with Crippen LogP contribution in [0.1, 0.15) is 5.69 Å². The number of H-pyrrole nitrogens is 1. The summed E-state index contributed by atoms with van der Waals surface area (Å²) in [6.45, 7) is -0.373. The normalized spacial score (nSPS) is 11.3. The molecule has 0 aliphatic heterocycles. The van der Waals surface area contributed by atoms with E-state index < -0.39 is 23.5 Å². The number of hydrogen-bond donors (Lipinski definition) is 2. The number of rotatable bonds is 7. The van der Waals surface area contributed by atoms with Crippen LogP contribution in [-0.4, -0.2) is 45.3 Å². The number of nitrogens with zero attached hydrogens (tertiary/aromatic N) is 4. The number of nitrogens with one attached hydrogen (secondary N) is 2. The molecule has 12 heteroatoms. The lowest BCUT2D eigenvalue weighted by molar-refractivity contribution is -0.140. The van der Waals surface area contributed by atoms with Gasteiger partial charge in [-0.15, -0.1) is 5.10 Å². The number of aromatic nitrogens is 5. The zero-order chi connectivity index (χ0) is 24.3. The number of alkyl halides is 3. The second-order valence-electron chi connectivity index (χ2n) is 7.10. The van der Waals surface area contributed by atoms with Gasteiger partial charge >= 0.3 is 6.18 Å². The second kappa shape index (κ2) is 9.25. The molecule has 0 saturated carbocycles. The zero-order valence-electron chi connectivity index (χ0n) is 18.1. The van der Waals surface area contributed by atoms with E-state index in [9.17, 15) is 18.0 Å². The number of benzene rings is 2. The summed E-state index contributed by atoms with van der Waals surface area (Å²) in [6.07, 6.45) is -3.25. The van der Waals surface area contributed by atoms with Gasteiger partial charge in [0.15, 0.2) is 5.69 Å². The molecule has 0 aliphatic carbocycles. The van der Waals surface area contributed by atoms with Crippen LogP contribution in [0.4, 0.5) is 18.9 Å². The fourth-order valence-electron chi connectivity index (χ4n) is 3.31. The Hall–Kier alpha value is -4.35. The van der Waals surface area contributed by atoms with Crippen molar-refractivity contribution in [3.05, 3.63) is 60.4 Å². The van der Waals surface area contributed by atoms with Gasteiger partial charge in [0.25, 0.3) is 0 Å². The van der Waals surface area contributed by atoms with Crippen molar-refractivity contribution < 1.29 is 27.4 Å². The van der Waals surface area contributed by atoms with Gasteiger partial charge in [0.05, 0.1) is 26.1 Å². The lowest BCUT2D eigenvalue weighted by Gasteiger charge is -2.10. The van der Waals surface area contributed by atoms with Crippen molar-refractivity contribution in [2.45, 2.75) is 12.7 Å². The molecule has 176 valence electrons. The molecule has 0 spiro atoms. The third-order valence-electron chi connectivity index (χ3n) is 4.89. The number of methoxy groups -OCH3 is 2. The summed E-state index contributed by atoms with van der Waals surface area (Å²) in [5.41, 5.74) is -0.197. The van der Waals surface area contributed by atoms with Crippen LogP contribution in [0.25, 0.3) is 22.5 Å². The quantitative estimate of drug-likeness (QED) is 0.421. The van der Waals surface area contributed by atoms with E-state index in [2.05, 4.69) is 20.7 Å². The molecule has 34 heavy (non-hydrogen) atoms. The Morgan fingerprint density at radius 2 is 1.88 bits per heavy atom. The van der Waals surface area contributed by atoms with Crippen molar-refractivity contribution in [1.82, 2.24) is 25.2 Å². The number of amides is 1. The van der Waals surface area contributed by atoms with Gasteiger partial charge in [-0.05, 0) is 12.1 Å². The van der Waals surface area contributed by atoms with Gasteiger partial charge in [0, 0.05) is 17.2 Å². The maximum Gasteiger partial charge on any atom is 0.434 e. The molecule has 2 aromatic carbocycles. The van der Waals surface area contributed by atoms with Gasteiger partial charge in [0.2, 0.25) is 5.91 Å². The third kappa shape index (κ3) is 4.70. The molecule has 4 rings (SSSR count). The SMILES string of the molecule is COc1ccc(-c2cn(CC(=O)Nc3c(-c4ccccc4)n[nH]c3C(F)(F)F)nn2)c(OC)c1. The molecule has 0 bridgehead atoms. The molecule has 1 amide bonds. The minimum atomic E-state index is -4.74. The highest BCUT2D eigenvalue weighted by molar-refractivity contribution is 5.95. The van der Waals surface area contributed by atoms with E-state index in [1.54, 1.807) is 48.5 Å². The van der Waals surface area contributed by atoms with Crippen LogP contribution in [-0.2, 0) is 17.5 Å². The smallest absolute Gasteiger partial charge is 0.434 e. The molecule has 2 aromatic heterocycles. The van der Waals surface area contributed by atoms with Gasteiger partial charge in [-0.2, -0.15) is 18.3 Å². The molecule has 4 aromatic rings. The number of hydrogen-bond acceptors (Lipinski definition) is 6. The lowest BCUT2D eigenvalue weighted by atomic mass is 10.1. The molecule has 2 heterocycles. The first-order chi connectivity index (χ1) is 16.3. The highest BCUT2D eigenvalue weighted by Crippen LogP contribution is 2.38. The summed E-state index contributed by atoms with van der Waals surface area (Å²) < 4.78 is 52.2. The maximum absolute atomic E-state index is 13.5. The predicted molar refractivity (Wildman–Crippen MR) is 116 cm³/mol. The summed E-state index contributed by atoms with van der Waals surface area (Å²) in [4.78, 5) is 12.6. The minimum absolute atomic E-state index is 0.0245. The summed E-state index contributed by atoms with van der Waals surface area (Å²) in [5.74, 6) is 0.334. The van der Waals surface area contributed by atoms with Crippen LogP contribution < -0.4 is 14.8 Å². The first kappa shape index (κ1) is 22.8. The van der Waals surface area contributed by atoms with Crippen LogP contribution in [0.15, 0.2) is 54.7 Å². The third-order valence-corrected chi connectivity index (χ3v) is 4.89. The minimum Gasteiger partial charge on any atom is -0.497 e. The monoisotopic (exact) mass is 472 g/mol. The van der Waals surface area contributed by atoms with E-state index in [1.807, 2.05) is 5.10 Å². The van der Waals surface area contributed by atoms with Crippen molar-refractivity contribution in [2.24, 2.45) is 0 Å². The molecule has 2 N–H and O–H groups in total. The van der Waals surface area contributed by atoms with Crippen LogP contribution in [0.2, 0.25) is 0 Å². The van der Waals surface area contributed by atoms with E-state index in [0.717, 1.165) is 0 Å². The first-order valence-electron chi connectivity index (χ1n) is 9.93. The molecular formula is C22H19F3N6O3. The molecule has 0 unspecified atom stereocenters. The second-order valence-corrected chi connectivity index (χ2v) is 7.10. The Morgan fingerprint density at radius 3 is 2.56 bits per heavy atom. The van der Waals surface area contributed by atoms with E-state index in [1.165, 1.54) is 25.1 Å². The van der Waals surface area contributed by atoms with E-state index >= 15 is 0 Å². The van der Waals surface area contributed by atoms with Crippen LogP contribution in [0, 0.1) is 0 Å². The van der Waals surface area contributed by atoms with E-state index in [4.69, 9.17) is 9.47 Å². The Balaban J connectivity index is 1.57. The maximum atomic E-state index is 13.5. The van der Waals surface area contributed by atoms with E-state index in [0.29, 0.717) is 28.3 Å². The molecular weight excluding hydrogens is 453 g/mol. The zero-order valence-corrected chi connectivity index (χ0v) is 18.1. The molecule has 0 aliphatic rings.